The van der Waals surface area contributed by atoms with Crippen molar-refractivity contribution in [3.63, 3.8) is 0 Å². The normalized spacial score (nSPS) is 11.5. The minimum atomic E-state index is -4.85. The molecule has 206 valence electrons. The summed E-state index contributed by atoms with van der Waals surface area (Å²) in [5, 5.41) is 12.1. The van der Waals surface area contributed by atoms with Gasteiger partial charge in [-0.2, -0.15) is 13.2 Å². The molecule has 0 saturated carbocycles. The van der Waals surface area contributed by atoms with Crippen LogP contribution in [-0.2, 0) is 22.3 Å². The van der Waals surface area contributed by atoms with Crippen molar-refractivity contribution in [2.75, 3.05) is 16.8 Å². The predicted molar refractivity (Wildman–Crippen MR) is 142 cm³/mol. The van der Waals surface area contributed by atoms with E-state index in [2.05, 4.69) is 28.4 Å². The van der Waals surface area contributed by atoms with Crippen molar-refractivity contribution in [2.45, 2.75) is 36.2 Å². The third kappa shape index (κ3) is 8.21. The summed E-state index contributed by atoms with van der Waals surface area (Å²) in [6, 6.07) is 11.4. The number of aliphatic carboxylic acids is 1. The smallest absolute Gasteiger partial charge is 0.419 e. The first-order valence-electron chi connectivity index (χ1n) is 11.5. The molecule has 12 heteroatoms. The molecule has 2 N–H and O–H groups in total. The molecule has 0 unspecified atom stereocenters. The summed E-state index contributed by atoms with van der Waals surface area (Å²) in [7, 11) is 0. The highest BCUT2D eigenvalue weighted by atomic mass is 32.2. The van der Waals surface area contributed by atoms with E-state index < -0.39 is 28.3 Å². The van der Waals surface area contributed by atoms with Crippen LogP contribution in [0.5, 0.6) is 0 Å². The van der Waals surface area contributed by atoms with Crippen molar-refractivity contribution in [3.8, 4) is 0 Å². The molecular weight excluding hydrogens is 536 g/mol. The average molecular weight is 563 g/mol. The van der Waals surface area contributed by atoms with E-state index in [-0.39, 0.29) is 18.1 Å². The number of halogens is 4. The maximum Gasteiger partial charge on any atom is 0.419 e. The Morgan fingerprint density at radius 2 is 1.85 bits per heavy atom. The molecule has 1 heterocycles. The number of ether oxygens (including phenoxy) is 1. The molecule has 2 aromatic carbocycles. The van der Waals surface area contributed by atoms with Crippen molar-refractivity contribution in [1.29, 1.82) is 0 Å². The highest BCUT2D eigenvalue weighted by Gasteiger charge is 2.34. The van der Waals surface area contributed by atoms with Crippen molar-refractivity contribution < 1.29 is 32.2 Å². The van der Waals surface area contributed by atoms with Gasteiger partial charge in [0.1, 0.15) is 34.3 Å². The van der Waals surface area contributed by atoms with Crippen LogP contribution in [0.4, 0.5) is 34.9 Å². The molecule has 0 aliphatic carbocycles. The van der Waals surface area contributed by atoms with Gasteiger partial charge in [0, 0.05) is 23.2 Å². The van der Waals surface area contributed by atoms with Crippen molar-refractivity contribution in [1.82, 2.24) is 9.97 Å². The molecule has 3 rings (SSSR count). The average Bonchev–Trinajstić information content (AvgIpc) is 2.85. The van der Waals surface area contributed by atoms with Crippen LogP contribution in [0.1, 0.15) is 25.0 Å². The summed E-state index contributed by atoms with van der Waals surface area (Å²) in [6.07, 6.45) is -2.38. The second-order valence-corrected chi connectivity index (χ2v) is 10.5. The lowest BCUT2D eigenvalue weighted by Crippen LogP contribution is -2.27. The number of alkyl halides is 3. The van der Waals surface area contributed by atoms with Crippen LogP contribution >= 0.6 is 11.8 Å². The number of carboxylic acids is 1. The monoisotopic (exact) mass is 562 g/mol. The molecule has 0 bridgehead atoms. The largest absolute Gasteiger partial charge is 0.480 e. The van der Waals surface area contributed by atoms with Gasteiger partial charge in [0.2, 0.25) is 0 Å². The molecule has 1 aromatic heterocycles. The number of hydrogen-bond donors (Lipinski definition) is 2. The maximum absolute atomic E-state index is 13.7. The molecule has 0 aliphatic heterocycles. The van der Waals surface area contributed by atoms with Crippen LogP contribution in [0, 0.1) is 5.82 Å². The number of carboxylic acid groups (broad SMARTS) is 1. The van der Waals surface area contributed by atoms with E-state index in [1.807, 2.05) is 24.3 Å². The molecule has 39 heavy (non-hydrogen) atoms. The van der Waals surface area contributed by atoms with Gasteiger partial charge < -0.3 is 20.1 Å². The highest BCUT2D eigenvalue weighted by molar-refractivity contribution is 8.01. The van der Waals surface area contributed by atoms with Gasteiger partial charge in [-0.1, -0.05) is 25.3 Å². The number of anilines is 3. The summed E-state index contributed by atoms with van der Waals surface area (Å²) >= 11 is 1.22. The number of aromatic nitrogens is 2. The van der Waals surface area contributed by atoms with E-state index >= 15 is 0 Å². The van der Waals surface area contributed by atoms with Crippen molar-refractivity contribution in [2.24, 2.45) is 0 Å². The topological polar surface area (TPSA) is 87.6 Å². The van der Waals surface area contributed by atoms with E-state index in [0.717, 1.165) is 16.5 Å². The standard InChI is InChI=1S/C27H26F4N4O3S/c1-5-38-17(2)14-35(15-18-6-9-20(10-7-18)39-26(3,4)25(36)37)24-13-23(32-16-33-24)34-19-8-11-22(28)21(12-19)27(29,30)31/h5-13,16H,1-2,14-15H2,3-4H3,(H,36,37)(H,32,33,34). The molecule has 0 amide bonds. The van der Waals surface area contributed by atoms with E-state index in [1.54, 1.807) is 18.7 Å². The van der Waals surface area contributed by atoms with Gasteiger partial charge in [0.15, 0.2) is 0 Å². The number of carbonyl (C=O) groups is 1. The van der Waals surface area contributed by atoms with Crippen LogP contribution in [-0.4, -0.2) is 32.3 Å². The first-order chi connectivity index (χ1) is 18.3. The molecule has 0 saturated heterocycles. The van der Waals surface area contributed by atoms with Crippen molar-refractivity contribution >= 4 is 35.1 Å². The maximum atomic E-state index is 13.7. The Bertz CT molecular complexity index is 1350. The molecule has 0 radical (unpaired) electrons. The van der Waals surface area contributed by atoms with Crippen molar-refractivity contribution in [3.05, 3.63) is 97.0 Å². The predicted octanol–water partition coefficient (Wildman–Crippen LogP) is 7.01. The van der Waals surface area contributed by atoms with Gasteiger partial charge in [0.25, 0.3) is 0 Å². The summed E-state index contributed by atoms with van der Waals surface area (Å²) in [5.41, 5.74) is -0.535. The third-order valence-corrected chi connectivity index (χ3v) is 6.52. The Morgan fingerprint density at radius 3 is 2.46 bits per heavy atom. The third-order valence-electron chi connectivity index (χ3n) is 5.32. The van der Waals surface area contributed by atoms with Crippen LogP contribution in [0.2, 0.25) is 0 Å². The molecule has 0 atom stereocenters. The summed E-state index contributed by atoms with van der Waals surface area (Å²) < 4.78 is 57.3. The lowest BCUT2D eigenvalue weighted by Gasteiger charge is -2.25. The van der Waals surface area contributed by atoms with E-state index in [1.165, 1.54) is 36.5 Å². The summed E-state index contributed by atoms with van der Waals surface area (Å²) in [6.45, 7) is 11.1. The molecule has 7 nitrogen and oxygen atoms in total. The first-order valence-corrected chi connectivity index (χ1v) is 12.3. The van der Waals surface area contributed by atoms with Gasteiger partial charge in [-0.15, -0.1) is 11.8 Å². The molecular formula is C27H26F4N4O3S. The van der Waals surface area contributed by atoms with E-state index in [9.17, 15) is 27.5 Å². The minimum absolute atomic E-state index is 0.00306. The number of hydrogen-bond acceptors (Lipinski definition) is 7. The zero-order valence-electron chi connectivity index (χ0n) is 21.1. The Labute approximate surface area is 227 Å². The van der Waals surface area contributed by atoms with E-state index in [0.29, 0.717) is 24.2 Å². The summed E-state index contributed by atoms with van der Waals surface area (Å²) in [5.74, 6) is -1.35. The Hall–Kier alpha value is -4.06. The Kier molecular flexibility index (Phi) is 9.23. The van der Waals surface area contributed by atoms with Gasteiger partial charge in [-0.05, 0) is 49.7 Å². The highest BCUT2D eigenvalue weighted by Crippen LogP contribution is 2.34. The molecule has 0 aliphatic rings. The van der Waals surface area contributed by atoms with Gasteiger partial charge in [0.05, 0.1) is 18.4 Å². The van der Waals surface area contributed by atoms with Gasteiger partial charge in [-0.3, -0.25) is 4.79 Å². The molecule has 0 spiro atoms. The van der Waals surface area contributed by atoms with Crippen LogP contribution in [0.3, 0.4) is 0 Å². The zero-order chi connectivity index (χ0) is 28.8. The SMILES string of the molecule is C=COC(=C)CN(Cc1ccc(SC(C)(C)C(=O)O)cc1)c1cc(Nc2ccc(F)c(C(F)(F)F)c2)ncn1. The number of nitrogens with zero attached hydrogens (tertiary/aromatic N) is 3. The number of rotatable bonds is 12. The first kappa shape index (κ1) is 29.5. The van der Waals surface area contributed by atoms with E-state index in [4.69, 9.17) is 4.74 Å². The molecule has 3 aromatic rings. The second-order valence-electron chi connectivity index (χ2n) is 8.82. The van der Waals surface area contributed by atoms with Gasteiger partial charge in [-0.25, -0.2) is 14.4 Å². The lowest BCUT2D eigenvalue weighted by atomic mass is 10.2. The second kappa shape index (κ2) is 12.2. The number of benzene rings is 2. The quantitative estimate of drug-likeness (QED) is 0.138. The minimum Gasteiger partial charge on any atom is -0.480 e. The lowest BCUT2D eigenvalue weighted by molar-refractivity contribution is -0.140. The zero-order valence-corrected chi connectivity index (χ0v) is 21.9. The van der Waals surface area contributed by atoms with Crippen LogP contribution < -0.4 is 10.2 Å². The Balaban J connectivity index is 1.85. The molecule has 0 fully saturated rings. The summed E-state index contributed by atoms with van der Waals surface area (Å²) in [4.78, 5) is 22.4. The van der Waals surface area contributed by atoms with Crippen LogP contribution in [0.15, 0.2) is 84.9 Å². The fourth-order valence-corrected chi connectivity index (χ4v) is 4.31. The number of thioether (sulfide) groups is 1. The Morgan fingerprint density at radius 1 is 1.15 bits per heavy atom. The fourth-order valence-electron chi connectivity index (χ4n) is 3.36. The fraction of sp³-hybridized carbons (Fsp3) is 0.222. The van der Waals surface area contributed by atoms with Crippen LogP contribution in [0.25, 0.3) is 0 Å². The number of nitrogens with one attached hydrogen (secondary N) is 1. The van der Waals surface area contributed by atoms with Gasteiger partial charge >= 0.3 is 12.1 Å².